The smallest absolute Gasteiger partial charge is 0.306 e. The number of Topliss-reactive ketones (excluding diaryl/α,β-unsaturated/α-hetero) is 1. The summed E-state index contributed by atoms with van der Waals surface area (Å²) in [4.78, 5) is 36.7. The molecule has 6 rings (SSSR count). The number of ether oxygens (including phenoxy) is 2. The van der Waals surface area contributed by atoms with E-state index >= 15 is 0 Å². The average Bonchev–Trinajstić information content (AvgIpc) is 3.15. The van der Waals surface area contributed by atoms with Gasteiger partial charge >= 0.3 is 5.97 Å². The van der Waals surface area contributed by atoms with E-state index in [2.05, 4.69) is 19.9 Å². The SMILES string of the molecule is CC(=O)S[C@@H]1C=C2CC(=O)CCC2(C)[C@@]23O[C@@H]2CC2(C)C(CC[C@@]24CCC(=O)O4)C13. The van der Waals surface area contributed by atoms with Gasteiger partial charge in [0, 0.05) is 48.2 Å². The fourth-order valence-electron chi connectivity index (χ4n) is 8.48. The molecule has 6 aliphatic rings. The van der Waals surface area contributed by atoms with Crippen molar-refractivity contribution in [2.24, 2.45) is 22.7 Å². The molecule has 162 valence electrons. The first kappa shape index (κ1) is 19.5. The zero-order chi connectivity index (χ0) is 21.1. The standard InChI is InChI=1S/C24H30O5S/c1-13(25)30-17-11-14-10-15(26)4-7-21(14,2)24-18(28-24)12-22(3)16(20(17)24)5-8-23(22)9-6-19(27)29-23/h11,16-18,20H,4-10,12H2,1-3H3/t16?,17-,18-,20?,21?,22?,23-,24-/m1/s1. The van der Waals surface area contributed by atoms with Gasteiger partial charge in [0.1, 0.15) is 17.0 Å². The molecule has 0 radical (unpaired) electrons. The highest BCUT2D eigenvalue weighted by Crippen LogP contribution is 2.77. The fraction of sp³-hybridized carbons (Fsp3) is 0.792. The Balaban J connectivity index is 1.48. The summed E-state index contributed by atoms with van der Waals surface area (Å²) in [7, 11) is 0. The van der Waals surface area contributed by atoms with E-state index < -0.39 is 0 Å². The Labute approximate surface area is 181 Å². The van der Waals surface area contributed by atoms with Crippen LogP contribution in [0.4, 0.5) is 0 Å². The molecule has 30 heavy (non-hydrogen) atoms. The highest BCUT2D eigenvalue weighted by molar-refractivity contribution is 8.14. The minimum atomic E-state index is -0.369. The lowest BCUT2D eigenvalue weighted by Crippen LogP contribution is -2.62. The molecule has 0 bridgehead atoms. The highest BCUT2D eigenvalue weighted by Gasteiger charge is 2.82. The van der Waals surface area contributed by atoms with Crippen LogP contribution < -0.4 is 0 Å². The Morgan fingerprint density at radius 3 is 2.67 bits per heavy atom. The van der Waals surface area contributed by atoms with Gasteiger partial charge in [-0.15, -0.1) is 0 Å². The third-order valence-corrected chi connectivity index (χ3v) is 11.0. The Hall–Kier alpha value is -1.14. The van der Waals surface area contributed by atoms with Crippen molar-refractivity contribution in [3.63, 3.8) is 0 Å². The van der Waals surface area contributed by atoms with Crippen molar-refractivity contribution in [3.05, 3.63) is 11.6 Å². The summed E-state index contributed by atoms with van der Waals surface area (Å²) >= 11 is 1.41. The minimum Gasteiger partial charge on any atom is -0.458 e. The number of rotatable bonds is 1. The van der Waals surface area contributed by atoms with Crippen LogP contribution in [0.25, 0.3) is 0 Å². The van der Waals surface area contributed by atoms with E-state index in [4.69, 9.17) is 9.47 Å². The number of fused-ring (bicyclic) bond motifs is 4. The van der Waals surface area contributed by atoms with E-state index in [0.717, 1.165) is 32.1 Å². The van der Waals surface area contributed by atoms with Gasteiger partial charge in [-0.2, -0.15) is 0 Å². The van der Waals surface area contributed by atoms with Crippen LogP contribution in [-0.2, 0) is 23.9 Å². The number of esters is 1. The van der Waals surface area contributed by atoms with Gasteiger partial charge < -0.3 is 9.47 Å². The van der Waals surface area contributed by atoms with E-state index in [1.54, 1.807) is 6.92 Å². The second-order valence-electron chi connectivity index (χ2n) is 11.0. The summed E-state index contributed by atoms with van der Waals surface area (Å²) in [5.74, 6) is 0.807. The number of carbonyl (C=O) groups excluding carboxylic acids is 3. The molecular formula is C24H30O5S. The molecular weight excluding hydrogens is 400 g/mol. The van der Waals surface area contributed by atoms with E-state index in [9.17, 15) is 14.4 Å². The number of thioether (sulfide) groups is 1. The largest absolute Gasteiger partial charge is 0.458 e. The molecule has 5 nitrogen and oxygen atoms in total. The van der Waals surface area contributed by atoms with Crippen LogP contribution in [0.5, 0.6) is 0 Å². The summed E-state index contributed by atoms with van der Waals surface area (Å²) < 4.78 is 12.8. The maximum Gasteiger partial charge on any atom is 0.306 e. The van der Waals surface area contributed by atoms with Crippen molar-refractivity contribution in [2.75, 3.05) is 0 Å². The Kier molecular flexibility index (Phi) is 3.78. The van der Waals surface area contributed by atoms with Gasteiger partial charge in [-0.3, -0.25) is 14.4 Å². The average molecular weight is 431 g/mol. The first-order valence-corrected chi connectivity index (χ1v) is 12.3. The van der Waals surface area contributed by atoms with Gasteiger partial charge in [0.2, 0.25) is 0 Å². The van der Waals surface area contributed by atoms with Crippen molar-refractivity contribution in [1.29, 1.82) is 0 Å². The summed E-state index contributed by atoms with van der Waals surface area (Å²) in [6.07, 6.45) is 8.50. The third-order valence-electron chi connectivity index (χ3n) is 9.94. The number of hydrogen-bond acceptors (Lipinski definition) is 6. The Morgan fingerprint density at radius 2 is 1.97 bits per heavy atom. The zero-order valence-electron chi connectivity index (χ0n) is 18.0. The van der Waals surface area contributed by atoms with Crippen LogP contribution in [0.1, 0.15) is 72.1 Å². The van der Waals surface area contributed by atoms with Gasteiger partial charge in [0.25, 0.3) is 0 Å². The van der Waals surface area contributed by atoms with Crippen molar-refractivity contribution in [2.45, 2.75) is 94.7 Å². The number of carbonyl (C=O) groups is 3. The fourth-order valence-corrected chi connectivity index (χ4v) is 9.63. The molecule has 4 aliphatic carbocycles. The molecule has 8 atom stereocenters. The predicted molar refractivity (Wildman–Crippen MR) is 112 cm³/mol. The van der Waals surface area contributed by atoms with Crippen LogP contribution in [0.15, 0.2) is 11.6 Å². The molecule has 0 aromatic heterocycles. The second-order valence-corrected chi connectivity index (χ2v) is 12.3. The first-order chi connectivity index (χ1) is 14.2. The van der Waals surface area contributed by atoms with Gasteiger partial charge in [-0.25, -0.2) is 0 Å². The molecule has 3 saturated carbocycles. The lowest BCUT2D eigenvalue weighted by Gasteiger charge is -2.58. The molecule has 0 aromatic rings. The van der Waals surface area contributed by atoms with E-state index in [0.29, 0.717) is 31.0 Å². The lowest BCUT2D eigenvalue weighted by molar-refractivity contribution is -0.163. The third kappa shape index (κ3) is 2.13. The van der Waals surface area contributed by atoms with Crippen molar-refractivity contribution in [3.8, 4) is 0 Å². The van der Waals surface area contributed by atoms with Gasteiger partial charge in [-0.1, -0.05) is 37.3 Å². The number of ketones is 1. The molecule has 2 spiro atoms. The molecule has 5 fully saturated rings. The molecule has 6 heteroatoms. The Bertz CT molecular complexity index is 911. The number of hydrogen-bond donors (Lipinski definition) is 0. The topological polar surface area (TPSA) is 73.0 Å². The van der Waals surface area contributed by atoms with Crippen LogP contribution in [0.2, 0.25) is 0 Å². The Morgan fingerprint density at radius 1 is 1.17 bits per heavy atom. The van der Waals surface area contributed by atoms with Crippen molar-refractivity contribution < 1.29 is 23.9 Å². The van der Waals surface area contributed by atoms with Crippen LogP contribution in [-0.4, -0.2) is 39.4 Å². The molecule has 0 N–H and O–H groups in total. The minimum absolute atomic E-state index is 0.0263. The quantitative estimate of drug-likeness (QED) is 0.356. The normalized spacial score (nSPS) is 53.4. The van der Waals surface area contributed by atoms with E-state index in [1.165, 1.54) is 17.3 Å². The van der Waals surface area contributed by atoms with Crippen molar-refractivity contribution >= 4 is 28.6 Å². The van der Waals surface area contributed by atoms with Gasteiger partial charge in [-0.05, 0) is 38.0 Å². The molecule has 2 aliphatic heterocycles. The maximum absolute atomic E-state index is 12.3. The first-order valence-electron chi connectivity index (χ1n) is 11.4. The predicted octanol–water partition coefficient (Wildman–Crippen LogP) is 3.98. The van der Waals surface area contributed by atoms with Gasteiger partial charge in [0.15, 0.2) is 5.12 Å². The van der Waals surface area contributed by atoms with Crippen LogP contribution >= 0.6 is 11.8 Å². The van der Waals surface area contributed by atoms with Crippen molar-refractivity contribution in [1.82, 2.24) is 0 Å². The highest BCUT2D eigenvalue weighted by atomic mass is 32.2. The molecule has 0 aromatic carbocycles. The van der Waals surface area contributed by atoms with E-state index in [-0.39, 0.29) is 50.4 Å². The monoisotopic (exact) mass is 430 g/mol. The lowest BCUT2D eigenvalue weighted by atomic mass is 9.46. The molecule has 0 amide bonds. The van der Waals surface area contributed by atoms with Crippen LogP contribution in [0.3, 0.4) is 0 Å². The van der Waals surface area contributed by atoms with Crippen LogP contribution in [0, 0.1) is 22.7 Å². The second kappa shape index (κ2) is 5.80. The molecule has 2 saturated heterocycles. The number of epoxide rings is 1. The zero-order valence-corrected chi connectivity index (χ0v) is 18.8. The summed E-state index contributed by atoms with van der Waals surface area (Å²) in [6.45, 7) is 6.25. The summed E-state index contributed by atoms with van der Waals surface area (Å²) in [5, 5.41) is 0.139. The molecule has 2 heterocycles. The molecule has 4 unspecified atom stereocenters. The van der Waals surface area contributed by atoms with Gasteiger partial charge in [0.05, 0.1) is 6.10 Å². The van der Waals surface area contributed by atoms with E-state index in [1.807, 2.05) is 0 Å². The maximum atomic E-state index is 12.3. The summed E-state index contributed by atoms with van der Waals surface area (Å²) in [5.41, 5.74) is 0.304. The summed E-state index contributed by atoms with van der Waals surface area (Å²) in [6, 6.07) is 0.